The lowest BCUT2D eigenvalue weighted by molar-refractivity contribution is 0.102. The maximum atomic E-state index is 12.6. The van der Waals surface area contributed by atoms with Crippen LogP contribution in [0.5, 0.6) is 23.0 Å². The van der Waals surface area contributed by atoms with Crippen molar-refractivity contribution in [3.05, 3.63) is 40.9 Å². The van der Waals surface area contributed by atoms with Crippen LogP contribution in [0.3, 0.4) is 0 Å². The fraction of sp³-hybridized carbons (Fsp3) is 0.316. The van der Waals surface area contributed by atoms with Crippen molar-refractivity contribution in [1.29, 1.82) is 0 Å². The third-order valence-electron chi connectivity index (χ3n) is 3.67. The summed E-state index contributed by atoms with van der Waals surface area (Å²) in [5.41, 5.74) is 0.867. The Balaban J connectivity index is 1.82. The van der Waals surface area contributed by atoms with Gasteiger partial charge in [-0.05, 0) is 32.0 Å². The zero-order valence-electron chi connectivity index (χ0n) is 14.8. The van der Waals surface area contributed by atoms with Gasteiger partial charge in [0, 0.05) is 17.7 Å². The molecule has 1 N–H and O–H groups in total. The number of ether oxygens (including phenoxy) is 4. The zero-order valence-corrected chi connectivity index (χ0v) is 15.6. The molecule has 0 radical (unpaired) electrons. The lowest BCUT2D eigenvalue weighted by atomic mass is 10.1. The Hall–Kier alpha value is -2.60. The number of carbonyl (C=O) groups excluding carboxylic acids is 1. The molecule has 1 aliphatic rings. The SMILES string of the molecule is COc1cc(C(=O)Nc2cc3c(cc2Cl)OCCO3)ccc1OC(C)C. The van der Waals surface area contributed by atoms with Gasteiger partial charge in [-0.3, -0.25) is 4.79 Å². The van der Waals surface area contributed by atoms with Gasteiger partial charge in [0.25, 0.3) is 5.91 Å². The molecular formula is C19H20ClNO5. The summed E-state index contributed by atoms with van der Waals surface area (Å²) in [6.07, 6.45) is 0.0000903. The van der Waals surface area contributed by atoms with Crippen LogP contribution < -0.4 is 24.3 Å². The van der Waals surface area contributed by atoms with E-state index in [1.165, 1.54) is 7.11 Å². The molecule has 26 heavy (non-hydrogen) atoms. The number of hydrogen-bond donors (Lipinski definition) is 1. The van der Waals surface area contributed by atoms with Gasteiger partial charge in [0.2, 0.25) is 0 Å². The molecule has 1 amide bonds. The minimum atomic E-state index is -0.321. The minimum absolute atomic E-state index is 0.0000903. The summed E-state index contributed by atoms with van der Waals surface area (Å²) in [6, 6.07) is 8.29. The van der Waals surface area contributed by atoms with Crippen LogP contribution in [0.4, 0.5) is 5.69 Å². The summed E-state index contributed by atoms with van der Waals surface area (Å²) in [6.45, 7) is 4.77. The molecule has 0 saturated carbocycles. The Morgan fingerprint density at radius 2 is 1.81 bits per heavy atom. The number of methoxy groups -OCH3 is 1. The Kier molecular flexibility index (Phi) is 5.42. The molecule has 2 aromatic carbocycles. The second-order valence-corrected chi connectivity index (χ2v) is 6.37. The lowest BCUT2D eigenvalue weighted by Crippen LogP contribution is -2.17. The van der Waals surface area contributed by atoms with Crippen molar-refractivity contribution >= 4 is 23.2 Å². The monoisotopic (exact) mass is 377 g/mol. The van der Waals surface area contributed by atoms with E-state index in [4.69, 9.17) is 30.5 Å². The topological polar surface area (TPSA) is 66.0 Å². The standard InChI is InChI=1S/C19H20ClNO5/c1-11(2)26-15-5-4-12(8-16(15)23-3)19(22)21-14-10-18-17(9-13(14)20)24-6-7-25-18/h4-5,8-11H,6-7H2,1-3H3,(H,21,22). The maximum Gasteiger partial charge on any atom is 0.255 e. The van der Waals surface area contributed by atoms with Gasteiger partial charge in [-0.25, -0.2) is 0 Å². The molecule has 0 aliphatic carbocycles. The smallest absolute Gasteiger partial charge is 0.255 e. The van der Waals surface area contributed by atoms with Gasteiger partial charge < -0.3 is 24.3 Å². The summed E-state index contributed by atoms with van der Waals surface area (Å²) >= 11 is 6.24. The van der Waals surface area contributed by atoms with Gasteiger partial charge in [-0.15, -0.1) is 0 Å². The third kappa shape index (κ3) is 3.96. The van der Waals surface area contributed by atoms with E-state index in [2.05, 4.69) is 5.32 Å². The fourth-order valence-corrected chi connectivity index (χ4v) is 2.72. The molecule has 6 nitrogen and oxygen atoms in total. The molecule has 2 aromatic rings. The Morgan fingerprint density at radius 3 is 2.46 bits per heavy atom. The number of hydrogen-bond acceptors (Lipinski definition) is 5. The van der Waals surface area contributed by atoms with E-state index in [9.17, 15) is 4.79 Å². The van der Waals surface area contributed by atoms with Gasteiger partial charge in [-0.1, -0.05) is 11.6 Å². The van der Waals surface area contributed by atoms with E-state index < -0.39 is 0 Å². The molecule has 0 aromatic heterocycles. The second-order valence-electron chi connectivity index (χ2n) is 5.96. The van der Waals surface area contributed by atoms with Gasteiger partial charge in [-0.2, -0.15) is 0 Å². The summed E-state index contributed by atoms with van der Waals surface area (Å²) in [7, 11) is 1.53. The summed E-state index contributed by atoms with van der Waals surface area (Å²) in [5.74, 6) is 1.86. The molecule has 0 saturated heterocycles. The number of fused-ring (bicyclic) bond motifs is 1. The first-order chi connectivity index (χ1) is 12.5. The van der Waals surface area contributed by atoms with Gasteiger partial charge >= 0.3 is 0 Å². The summed E-state index contributed by atoms with van der Waals surface area (Å²) < 4.78 is 22.0. The molecule has 0 fully saturated rings. The van der Waals surface area contributed by atoms with Crippen molar-refractivity contribution in [2.24, 2.45) is 0 Å². The first-order valence-corrected chi connectivity index (χ1v) is 8.61. The second kappa shape index (κ2) is 7.74. The first kappa shape index (κ1) is 18.2. The number of anilines is 1. The van der Waals surface area contributed by atoms with Crippen molar-refractivity contribution < 1.29 is 23.7 Å². The van der Waals surface area contributed by atoms with Gasteiger partial charge in [0.15, 0.2) is 23.0 Å². The van der Waals surface area contributed by atoms with Crippen LogP contribution in [-0.4, -0.2) is 32.3 Å². The van der Waals surface area contributed by atoms with Crippen LogP contribution in [0.1, 0.15) is 24.2 Å². The highest BCUT2D eigenvalue weighted by atomic mass is 35.5. The molecule has 7 heteroatoms. The quantitative estimate of drug-likeness (QED) is 0.847. The van der Waals surface area contributed by atoms with Crippen molar-refractivity contribution in [3.63, 3.8) is 0 Å². The normalized spacial score (nSPS) is 12.7. The lowest BCUT2D eigenvalue weighted by Gasteiger charge is -2.20. The number of nitrogens with one attached hydrogen (secondary N) is 1. The predicted molar refractivity (Wildman–Crippen MR) is 99.2 cm³/mol. The molecule has 0 spiro atoms. The third-order valence-corrected chi connectivity index (χ3v) is 3.98. The predicted octanol–water partition coefficient (Wildman–Crippen LogP) is 4.16. The minimum Gasteiger partial charge on any atom is -0.493 e. The summed E-state index contributed by atoms with van der Waals surface area (Å²) in [5, 5.41) is 3.16. The van der Waals surface area contributed by atoms with Crippen molar-refractivity contribution in [2.75, 3.05) is 25.6 Å². The zero-order chi connectivity index (χ0) is 18.7. The van der Waals surface area contributed by atoms with E-state index >= 15 is 0 Å². The number of halogens is 1. The molecule has 1 aliphatic heterocycles. The van der Waals surface area contributed by atoms with E-state index in [1.54, 1.807) is 30.3 Å². The largest absolute Gasteiger partial charge is 0.493 e. The van der Waals surface area contributed by atoms with Gasteiger partial charge in [0.05, 0.1) is 23.9 Å². The van der Waals surface area contributed by atoms with E-state index in [1.807, 2.05) is 13.8 Å². The Bertz CT molecular complexity index is 822. The van der Waals surface area contributed by atoms with Crippen LogP contribution in [0.2, 0.25) is 5.02 Å². The van der Waals surface area contributed by atoms with Crippen LogP contribution in [-0.2, 0) is 0 Å². The average molecular weight is 378 g/mol. The molecule has 138 valence electrons. The molecule has 3 rings (SSSR count). The Labute approximate surface area is 157 Å². The molecule has 0 bridgehead atoms. The average Bonchev–Trinajstić information content (AvgIpc) is 2.62. The highest BCUT2D eigenvalue weighted by Gasteiger charge is 2.18. The molecule has 0 atom stereocenters. The molecule has 1 heterocycles. The highest BCUT2D eigenvalue weighted by molar-refractivity contribution is 6.34. The maximum absolute atomic E-state index is 12.6. The van der Waals surface area contributed by atoms with Crippen LogP contribution in [0.25, 0.3) is 0 Å². The molecule has 0 unspecified atom stereocenters. The highest BCUT2D eigenvalue weighted by Crippen LogP contribution is 2.38. The Morgan fingerprint density at radius 1 is 1.12 bits per heavy atom. The summed E-state index contributed by atoms with van der Waals surface area (Å²) in [4.78, 5) is 12.6. The van der Waals surface area contributed by atoms with Crippen LogP contribution in [0, 0.1) is 0 Å². The first-order valence-electron chi connectivity index (χ1n) is 8.23. The van der Waals surface area contributed by atoms with E-state index in [0.29, 0.717) is 52.5 Å². The van der Waals surface area contributed by atoms with Crippen molar-refractivity contribution in [3.8, 4) is 23.0 Å². The number of carbonyl (C=O) groups is 1. The number of rotatable bonds is 5. The number of benzene rings is 2. The fourth-order valence-electron chi connectivity index (χ4n) is 2.51. The van der Waals surface area contributed by atoms with Crippen LogP contribution in [0.15, 0.2) is 30.3 Å². The van der Waals surface area contributed by atoms with E-state index in [0.717, 1.165) is 0 Å². The van der Waals surface area contributed by atoms with E-state index in [-0.39, 0.29) is 12.0 Å². The number of amides is 1. The van der Waals surface area contributed by atoms with Crippen molar-refractivity contribution in [1.82, 2.24) is 0 Å². The van der Waals surface area contributed by atoms with Gasteiger partial charge in [0.1, 0.15) is 13.2 Å². The molecular weight excluding hydrogens is 358 g/mol. The van der Waals surface area contributed by atoms with Crippen LogP contribution >= 0.6 is 11.6 Å². The van der Waals surface area contributed by atoms with Crippen molar-refractivity contribution in [2.45, 2.75) is 20.0 Å².